The molecule has 0 spiro atoms. The lowest BCUT2D eigenvalue weighted by Gasteiger charge is -2.04. The van der Waals surface area contributed by atoms with Gasteiger partial charge in [-0.25, -0.2) is 4.39 Å². The molecule has 1 aromatic carbocycles. The minimum atomic E-state index is -0.328. The molecule has 3 heteroatoms. The summed E-state index contributed by atoms with van der Waals surface area (Å²) in [5.74, 6) is -0.328. The molecule has 0 aliphatic rings. The average Bonchev–Trinajstić information content (AvgIpc) is 2.22. The number of aromatic nitrogens is 1. The van der Waals surface area contributed by atoms with Crippen LogP contribution in [0.2, 0.25) is 0 Å². The van der Waals surface area contributed by atoms with E-state index in [1.807, 2.05) is 6.92 Å². The monoisotopic (exact) mass is 202 g/mol. The van der Waals surface area contributed by atoms with Gasteiger partial charge in [0.2, 0.25) is 0 Å². The molecule has 0 radical (unpaired) electrons. The normalized spacial score (nSPS) is 10.3. The van der Waals surface area contributed by atoms with E-state index < -0.39 is 0 Å². The lowest BCUT2D eigenvalue weighted by Crippen LogP contribution is -1.92. The van der Waals surface area contributed by atoms with Gasteiger partial charge in [-0.05, 0) is 31.2 Å². The molecule has 2 nitrogen and oxygen atoms in total. The Kier molecular flexibility index (Phi) is 2.37. The van der Waals surface area contributed by atoms with Crippen molar-refractivity contribution in [2.75, 3.05) is 5.73 Å². The van der Waals surface area contributed by atoms with Gasteiger partial charge in [0.05, 0.1) is 0 Å². The van der Waals surface area contributed by atoms with E-state index in [2.05, 4.69) is 4.98 Å². The van der Waals surface area contributed by atoms with Gasteiger partial charge in [-0.15, -0.1) is 0 Å². The van der Waals surface area contributed by atoms with Gasteiger partial charge in [0.15, 0.2) is 0 Å². The third-order valence-corrected chi connectivity index (χ3v) is 2.15. The Bertz CT molecular complexity index is 495. The number of benzene rings is 1. The first-order valence-corrected chi connectivity index (χ1v) is 4.66. The summed E-state index contributed by atoms with van der Waals surface area (Å²) in [5, 5.41) is 0. The van der Waals surface area contributed by atoms with Crippen molar-refractivity contribution in [3.63, 3.8) is 0 Å². The number of halogens is 1. The van der Waals surface area contributed by atoms with Gasteiger partial charge < -0.3 is 5.73 Å². The molecule has 15 heavy (non-hydrogen) atoms. The Hall–Kier alpha value is -1.90. The SMILES string of the molecule is Cc1ccc(F)c(-c2cccc(N)c2)n1. The molecule has 2 rings (SSSR count). The van der Waals surface area contributed by atoms with Gasteiger partial charge in [0, 0.05) is 16.9 Å². The standard InChI is InChI=1S/C12H11FN2/c1-8-5-6-11(13)12(15-8)9-3-2-4-10(14)7-9/h2-7H,14H2,1H3. The van der Waals surface area contributed by atoms with E-state index in [-0.39, 0.29) is 5.82 Å². The van der Waals surface area contributed by atoms with Gasteiger partial charge in [0.1, 0.15) is 11.5 Å². The number of rotatable bonds is 1. The summed E-state index contributed by atoms with van der Waals surface area (Å²) in [6.45, 7) is 1.83. The second kappa shape index (κ2) is 3.69. The highest BCUT2D eigenvalue weighted by Gasteiger charge is 2.06. The van der Waals surface area contributed by atoms with E-state index in [0.717, 1.165) is 5.69 Å². The third kappa shape index (κ3) is 1.96. The van der Waals surface area contributed by atoms with Crippen molar-refractivity contribution in [1.82, 2.24) is 4.98 Å². The first-order chi connectivity index (χ1) is 7.16. The van der Waals surface area contributed by atoms with Crippen LogP contribution in [0, 0.1) is 12.7 Å². The van der Waals surface area contributed by atoms with E-state index in [1.165, 1.54) is 6.07 Å². The number of anilines is 1. The van der Waals surface area contributed by atoms with Crippen molar-refractivity contribution < 1.29 is 4.39 Å². The molecule has 0 fully saturated rings. The summed E-state index contributed by atoms with van der Waals surface area (Å²) < 4.78 is 13.5. The van der Waals surface area contributed by atoms with Gasteiger partial charge in [-0.2, -0.15) is 0 Å². The van der Waals surface area contributed by atoms with E-state index >= 15 is 0 Å². The Morgan fingerprint density at radius 1 is 1.20 bits per heavy atom. The molecule has 0 unspecified atom stereocenters. The first kappa shape index (κ1) is 9.65. The minimum absolute atomic E-state index is 0.328. The van der Waals surface area contributed by atoms with Crippen LogP contribution in [0.15, 0.2) is 36.4 Å². The summed E-state index contributed by atoms with van der Waals surface area (Å²) >= 11 is 0. The van der Waals surface area contributed by atoms with Crippen LogP contribution in [-0.4, -0.2) is 4.98 Å². The number of hydrogen-bond donors (Lipinski definition) is 1. The zero-order chi connectivity index (χ0) is 10.8. The van der Waals surface area contributed by atoms with Crippen LogP contribution in [0.5, 0.6) is 0 Å². The summed E-state index contributed by atoms with van der Waals surface area (Å²) in [6.07, 6.45) is 0. The fraction of sp³-hybridized carbons (Fsp3) is 0.0833. The number of hydrogen-bond acceptors (Lipinski definition) is 2. The fourth-order valence-electron chi connectivity index (χ4n) is 1.43. The third-order valence-electron chi connectivity index (χ3n) is 2.15. The molecule has 0 aliphatic heterocycles. The molecule has 0 saturated heterocycles. The highest BCUT2D eigenvalue weighted by molar-refractivity contribution is 5.64. The molecule has 1 aromatic heterocycles. The topological polar surface area (TPSA) is 38.9 Å². The van der Waals surface area contributed by atoms with Crippen LogP contribution >= 0.6 is 0 Å². The lowest BCUT2D eigenvalue weighted by atomic mass is 10.1. The smallest absolute Gasteiger partial charge is 0.149 e. The Morgan fingerprint density at radius 2 is 2.00 bits per heavy atom. The predicted octanol–water partition coefficient (Wildman–Crippen LogP) is 2.78. The summed E-state index contributed by atoms with van der Waals surface area (Å²) in [7, 11) is 0. The van der Waals surface area contributed by atoms with Crippen LogP contribution in [0.1, 0.15) is 5.69 Å². The highest BCUT2D eigenvalue weighted by atomic mass is 19.1. The zero-order valence-electron chi connectivity index (χ0n) is 8.37. The fourth-order valence-corrected chi connectivity index (χ4v) is 1.43. The number of nitrogen functional groups attached to an aromatic ring is 1. The van der Waals surface area contributed by atoms with E-state index in [4.69, 9.17) is 5.73 Å². The maximum Gasteiger partial charge on any atom is 0.149 e. The van der Waals surface area contributed by atoms with E-state index in [9.17, 15) is 4.39 Å². The second-order valence-corrected chi connectivity index (χ2v) is 3.41. The molecule has 0 bridgehead atoms. The lowest BCUT2D eigenvalue weighted by molar-refractivity contribution is 0.624. The molecular formula is C12H11FN2. The molecule has 0 aliphatic carbocycles. The molecule has 0 amide bonds. The van der Waals surface area contributed by atoms with Crippen molar-refractivity contribution >= 4 is 5.69 Å². The molecule has 0 saturated carbocycles. The predicted molar refractivity (Wildman–Crippen MR) is 58.8 cm³/mol. The number of aryl methyl sites for hydroxylation is 1. The minimum Gasteiger partial charge on any atom is -0.399 e. The summed E-state index contributed by atoms with van der Waals surface area (Å²) in [5.41, 5.74) is 8.08. The quantitative estimate of drug-likeness (QED) is 0.722. The number of nitrogens with zero attached hydrogens (tertiary/aromatic N) is 1. The summed E-state index contributed by atoms with van der Waals surface area (Å²) in [4.78, 5) is 4.15. The van der Waals surface area contributed by atoms with E-state index in [0.29, 0.717) is 16.9 Å². The molecule has 2 aromatic rings. The maximum atomic E-state index is 13.5. The van der Waals surface area contributed by atoms with Gasteiger partial charge in [-0.3, -0.25) is 4.98 Å². The average molecular weight is 202 g/mol. The molecule has 76 valence electrons. The van der Waals surface area contributed by atoms with Crippen LogP contribution in [-0.2, 0) is 0 Å². The second-order valence-electron chi connectivity index (χ2n) is 3.41. The van der Waals surface area contributed by atoms with Crippen LogP contribution in [0.4, 0.5) is 10.1 Å². The van der Waals surface area contributed by atoms with Gasteiger partial charge in [0.25, 0.3) is 0 Å². The Balaban J connectivity index is 2.58. The Morgan fingerprint density at radius 3 is 2.73 bits per heavy atom. The van der Waals surface area contributed by atoms with E-state index in [1.54, 1.807) is 30.3 Å². The van der Waals surface area contributed by atoms with Gasteiger partial charge >= 0.3 is 0 Å². The number of nitrogens with two attached hydrogens (primary N) is 1. The van der Waals surface area contributed by atoms with Crippen molar-refractivity contribution in [3.8, 4) is 11.3 Å². The van der Waals surface area contributed by atoms with Crippen molar-refractivity contribution in [2.24, 2.45) is 0 Å². The molecular weight excluding hydrogens is 191 g/mol. The summed E-state index contributed by atoms with van der Waals surface area (Å²) in [6, 6.07) is 10.1. The van der Waals surface area contributed by atoms with Crippen LogP contribution in [0.25, 0.3) is 11.3 Å². The van der Waals surface area contributed by atoms with Gasteiger partial charge in [-0.1, -0.05) is 12.1 Å². The van der Waals surface area contributed by atoms with Crippen molar-refractivity contribution in [3.05, 3.63) is 47.9 Å². The molecule has 0 atom stereocenters. The largest absolute Gasteiger partial charge is 0.399 e. The van der Waals surface area contributed by atoms with Crippen molar-refractivity contribution in [2.45, 2.75) is 6.92 Å². The number of pyridine rings is 1. The van der Waals surface area contributed by atoms with Crippen molar-refractivity contribution in [1.29, 1.82) is 0 Å². The zero-order valence-corrected chi connectivity index (χ0v) is 8.37. The highest BCUT2D eigenvalue weighted by Crippen LogP contribution is 2.22. The maximum absolute atomic E-state index is 13.5. The Labute approximate surface area is 87.6 Å². The first-order valence-electron chi connectivity index (χ1n) is 4.66. The molecule has 1 heterocycles. The van der Waals surface area contributed by atoms with Crippen LogP contribution in [0.3, 0.4) is 0 Å². The van der Waals surface area contributed by atoms with Crippen LogP contribution < -0.4 is 5.73 Å². The molecule has 2 N–H and O–H groups in total.